The van der Waals surface area contributed by atoms with Gasteiger partial charge in [-0.15, -0.1) is 0 Å². The molecule has 7 nitrogen and oxygen atoms in total. The smallest absolute Gasteiger partial charge is 0.271 e. The number of hydrogen-bond acceptors (Lipinski definition) is 5. The standard InChI is InChI=1S/C10H9FN2O5/c11-7-2-1-6(13(17)18)5-8(7)12-9(14)3-4-10(15)16/h1-2,5H,3-4H2,(H,12,14)(H,15,16)/p-1. The lowest BCUT2D eigenvalue weighted by molar-refractivity contribution is -0.384. The average Bonchev–Trinajstić information content (AvgIpc) is 2.29. The zero-order valence-corrected chi connectivity index (χ0v) is 9.01. The minimum absolute atomic E-state index is 0.368. The number of carbonyl (C=O) groups excluding carboxylic acids is 2. The molecule has 0 aliphatic rings. The van der Waals surface area contributed by atoms with E-state index >= 15 is 0 Å². The first-order valence-electron chi connectivity index (χ1n) is 4.84. The van der Waals surface area contributed by atoms with Gasteiger partial charge in [0.2, 0.25) is 5.91 Å². The molecule has 18 heavy (non-hydrogen) atoms. The van der Waals surface area contributed by atoms with Crippen molar-refractivity contribution in [3.8, 4) is 0 Å². The van der Waals surface area contributed by atoms with Gasteiger partial charge in [0.15, 0.2) is 0 Å². The highest BCUT2D eigenvalue weighted by molar-refractivity contribution is 5.92. The van der Waals surface area contributed by atoms with Crippen molar-refractivity contribution in [2.24, 2.45) is 0 Å². The molecule has 96 valence electrons. The van der Waals surface area contributed by atoms with E-state index in [2.05, 4.69) is 5.32 Å². The third-order valence-electron chi connectivity index (χ3n) is 1.99. The molecule has 0 spiro atoms. The van der Waals surface area contributed by atoms with Gasteiger partial charge in [0.1, 0.15) is 5.82 Å². The Morgan fingerprint density at radius 1 is 1.33 bits per heavy atom. The molecule has 0 saturated carbocycles. The molecule has 8 heteroatoms. The number of carbonyl (C=O) groups is 2. The highest BCUT2D eigenvalue weighted by Gasteiger charge is 2.12. The van der Waals surface area contributed by atoms with Gasteiger partial charge in [-0.3, -0.25) is 14.9 Å². The lowest BCUT2D eigenvalue weighted by atomic mass is 10.2. The normalized spacial score (nSPS) is 9.83. The molecular weight excluding hydrogens is 247 g/mol. The number of non-ortho nitro benzene ring substituents is 1. The van der Waals surface area contributed by atoms with Crippen molar-refractivity contribution in [2.45, 2.75) is 12.8 Å². The molecule has 1 aromatic carbocycles. The van der Waals surface area contributed by atoms with Crippen LogP contribution in [0, 0.1) is 15.9 Å². The van der Waals surface area contributed by atoms with Crippen LogP contribution in [-0.2, 0) is 9.59 Å². The van der Waals surface area contributed by atoms with Gasteiger partial charge in [0, 0.05) is 24.5 Å². The van der Waals surface area contributed by atoms with Gasteiger partial charge in [-0.1, -0.05) is 0 Å². The molecule has 1 aromatic rings. The second-order valence-corrected chi connectivity index (χ2v) is 3.34. The van der Waals surface area contributed by atoms with Gasteiger partial charge in [-0.25, -0.2) is 4.39 Å². The van der Waals surface area contributed by atoms with E-state index in [0.29, 0.717) is 0 Å². The van der Waals surface area contributed by atoms with Crippen molar-refractivity contribution in [3.05, 3.63) is 34.1 Å². The Balaban J connectivity index is 2.77. The van der Waals surface area contributed by atoms with Crippen molar-refractivity contribution >= 4 is 23.3 Å². The van der Waals surface area contributed by atoms with E-state index in [1.807, 2.05) is 0 Å². The van der Waals surface area contributed by atoms with Crippen LogP contribution in [0.15, 0.2) is 18.2 Å². The number of benzene rings is 1. The van der Waals surface area contributed by atoms with Gasteiger partial charge in [0.25, 0.3) is 5.69 Å². The number of aliphatic carboxylic acids is 1. The van der Waals surface area contributed by atoms with Crippen molar-refractivity contribution in [1.82, 2.24) is 0 Å². The fraction of sp³-hybridized carbons (Fsp3) is 0.200. The Kier molecular flexibility index (Phi) is 4.30. The minimum atomic E-state index is -1.41. The summed E-state index contributed by atoms with van der Waals surface area (Å²) in [6.07, 6.45) is -0.910. The van der Waals surface area contributed by atoms with Crippen LogP contribution >= 0.6 is 0 Å². The van der Waals surface area contributed by atoms with Crippen molar-refractivity contribution in [1.29, 1.82) is 0 Å². The molecule has 0 heterocycles. The molecule has 0 aromatic heterocycles. The third-order valence-corrected chi connectivity index (χ3v) is 1.99. The third kappa shape index (κ3) is 3.81. The summed E-state index contributed by atoms with van der Waals surface area (Å²) >= 11 is 0. The highest BCUT2D eigenvalue weighted by atomic mass is 19.1. The summed E-state index contributed by atoms with van der Waals surface area (Å²) < 4.78 is 13.2. The predicted octanol–water partition coefficient (Wildman–Crippen LogP) is 0.202. The number of nitro groups is 1. The van der Waals surface area contributed by atoms with Crippen LogP contribution in [0.2, 0.25) is 0 Å². The molecule has 1 rings (SSSR count). The van der Waals surface area contributed by atoms with E-state index in [4.69, 9.17) is 0 Å². The SMILES string of the molecule is O=C([O-])CCC(=O)Nc1cc([N+](=O)[O-])ccc1F. The maximum Gasteiger partial charge on any atom is 0.271 e. The first kappa shape index (κ1) is 13.6. The molecule has 0 aliphatic carbocycles. The summed E-state index contributed by atoms with van der Waals surface area (Å²) in [6.45, 7) is 0. The van der Waals surface area contributed by atoms with E-state index in [1.165, 1.54) is 0 Å². The van der Waals surface area contributed by atoms with Gasteiger partial charge >= 0.3 is 0 Å². The molecule has 0 atom stereocenters. The van der Waals surface area contributed by atoms with Crippen LogP contribution in [0.1, 0.15) is 12.8 Å². The van der Waals surface area contributed by atoms with Crippen molar-refractivity contribution < 1.29 is 24.0 Å². The van der Waals surface area contributed by atoms with Crippen molar-refractivity contribution in [3.63, 3.8) is 0 Å². The summed E-state index contributed by atoms with van der Waals surface area (Å²) in [5.74, 6) is -3.02. The number of rotatable bonds is 5. The number of nitrogens with one attached hydrogen (secondary N) is 1. The molecule has 0 unspecified atom stereocenters. The number of halogens is 1. The Labute approximate surface area is 100 Å². The van der Waals surface area contributed by atoms with E-state index < -0.39 is 35.5 Å². The van der Waals surface area contributed by atoms with E-state index in [1.54, 1.807) is 0 Å². The summed E-state index contributed by atoms with van der Waals surface area (Å²) in [5.41, 5.74) is -0.751. The maximum atomic E-state index is 13.2. The predicted molar refractivity (Wildman–Crippen MR) is 55.9 cm³/mol. The monoisotopic (exact) mass is 255 g/mol. The zero-order valence-electron chi connectivity index (χ0n) is 9.01. The molecule has 1 N–H and O–H groups in total. The van der Waals surface area contributed by atoms with Crippen LogP contribution < -0.4 is 10.4 Å². The second-order valence-electron chi connectivity index (χ2n) is 3.34. The highest BCUT2D eigenvalue weighted by Crippen LogP contribution is 2.21. The average molecular weight is 255 g/mol. The first-order chi connectivity index (χ1) is 8.40. The number of nitrogens with zero attached hydrogens (tertiary/aromatic N) is 1. The van der Waals surface area contributed by atoms with Gasteiger partial charge < -0.3 is 15.2 Å². The molecule has 0 aliphatic heterocycles. The fourth-order valence-electron chi connectivity index (χ4n) is 1.15. The first-order valence-corrected chi connectivity index (χ1v) is 4.84. The maximum absolute atomic E-state index is 13.2. The number of nitro benzene ring substituents is 1. The van der Waals surface area contributed by atoms with E-state index in [-0.39, 0.29) is 11.4 Å². The summed E-state index contributed by atoms with van der Waals surface area (Å²) in [7, 11) is 0. The fourth-order valence-corrected chi connectivity index (χ4v) is 1.15. The zero-order chi connectivity index (χ0) is 13.7. The van der Waals surface area contributed by atoms with Gasteiger partial charge in [0.05, 0.1) is 10.6 Å². The number of amides is 1. The Morgan fingerprint density at radius 3 is 2.56 bits per heavy atom. The van der Waals surface area contributed by atoms with Crippen LogP contribution in [0.3, 0.4) is 0 Å². The number of anilines is 1. The van der Waals surface area contributed by atoms with Crippen LogP contribution in [0.5, 0.6) is 0 Å². The molecule has 0 radical (unpaired) electrons. The largest absolute Gasteiger partial charge is 0.550 e. The van der Waals surface area contributed by atoms with Crippen LogP contribution in [-0.4, -0.2) is 16.8 Å². The van der Waals surface area contributed by atoms with Crippen LogP contribution in [0.25, 0.3) is 0 Å². The van der Waals surface area contributed by atoms with Gasteiger partial charge in [-0.2, -0.15) is 0 Å². The van der Waals surface area contributed by atoms with Crippen molar-refractivity contribution in [2.75, 3.05) is 5.32 Å². The Morgan fingerprint density at radius 2 is 2.00 bits per heavy atom. The topological polar surface area (TPSA) is 112 Å². The molecule has 0 fully saturated rings. The van der Waals surface area contributed by atoms with E-state index in [9.17, 15) is 29.2 Å². The summed E-state index contributed by atoms with van der Waals surface area (Å²) in [6, 6.07) is 2.64. The quantitative estimate of drug-likeness (QED) is 0.596. The second kappa shape index (κ2) is 5.71. The summed E-state index contributed by atoms with van der Waals surface area (Å²) in [5, 5.41) is 22.6. The number of hydrogen-bond donors (Lipinski definition) is 1. The number of carboxylic acids is 1. The van der Waals surface area contributed by atoms with Gasteiger partial charge in [-0.05, 0) is 12.5 Å². The molecular formula is C10H8FN2O5-. The van der Waals surface area contributed by atoms with E-state index in [0.717, 1.165) is 18.2 Å². The Hall–Kier alpha value is -2.51. The number of carboxylic acid groups (broad SMARTS) is 1. The molecule has 1 amide bonds. The lowest BCUT2D eigenvalue weighted by Crippen LogP contribution is -2.24. The molecule has 0 bridgehead atoms. The summed E-state index contributed by atoms with van der Waals surface area (Å²) in [4.78, 5) is 31.0. The minimum Gasteiger partial charge on any atom is -0.550 e. The van der Waals surface area contributed by atoms with Crippen LogP contribution in [0.4, 0.5) is 15.8 Å². The lowest BCUT2D eigenvalue weighted by Gasteiger charge is -2.06. The molecule has 0 saturated heterocycles. The Bertz CT molecular complexity index is 503.